The van der Waals surface area contributed by atoms with Gasteiger partial charge in [0.1, 0.15) is 5.75 Å². The number of Topliss-reactive ketones (excluding diaryl/α,β-unsaturated/α-hetero) is 1. The number of hydrogen-bond donors (Lipinski definition) is 2. The normalized spacial score (nSPS) is 18.9. The maximum atomic E-state index is 12.9. The lowest BCUT2D eigenvalue weighted by Crippen LogP contribution is -2.27. The molecule has 0 bridgehead atoms. The molecule has 1 aliphatic heterocycles. The molecule has 27 heavy (non-hydrogen) atoms. The standard InChI is InChI=1S/C24H21NO2/c1-14-13-16(10-12-20(14)26)23-22-18(7-4-8-21(22)27)19-11-9-15-5-2-3-6-17(15)24(19)25-23/h2-3,5-6,9-13,23,25-26H,4,7-8H2,1H3. The fourth-order valence-corrected chi connectivity index (χ4v) is 4.48. The van der Waals surface area contributed by atoms with Gasteiger partial charge < -0.3 is 10.4 Å². The van der Waals surface area contributed by atoms with Crippen molar-refractivity contribution in [2.75, 3.05) is 5.32 Å². The Morgan fingerprint density at radius 3 is 2.74 bits per heavy atom. The van der Waals surface area contributed by atoms with Crippen molar-refractivity contribution in [1.29, 1.82) is 0 Å². The largest absolute Gasteiger partial charge is 0.508 e. The molecule has 0 saturated heterocycles. The van der Waals surface area contributed by atoms with Gasteiger partial charge in [-0.15, -0.1) is 0 Å². The summed E-state index contributed by atoms with van der Waals surface area (Å²) in [6.45, 7) is 1.89. The Bertz CT molecular complexity index is 1130. The van der Waals surface area contributed by atoms with Gasteiger partial charge in [-0.2, -0.15) is 0 Å². The predicted octanol–water partition coefficient (Wildman–Crippen LogP) is 5.53. The highest BCUT2D eigenvalue weighted by Gasteiger charge is 2.34. The zero-order chi connectivity index (χ0) is 18.5. The number of carbonyl (C=O) groups excluding carboxylic acids is 1. The summed E-state index contributed by atoms with van der Waals surface area (Å²) in [6.07, 6.45) is 2.45. The molecule has 1 heterocycles. The van der Waals surface area contributed by atoms with Crippen molar-refractivity contribution < 1.29 is 9.90 Å². The molecule has 2 aliphatic rings. The molecule has 0 radical (unpaired) electrons. The molecule has 0 spiro atoms. The molecule has 0 fully saturated rings. The van der Waals surface area contributed by atoms with Gasteiger partial charge in [-0.3, -0.25) is 4.79 Å². The van der Waals surface area contributed by atoms with Crippen LogP contribution in [0.4, 0.5) is 5.69 Å². The van der Waals surface area contributed by atoms with Gasteiger partial charge in [0, 0.05) is 22.9 Å². The van der Waals surface area contributed by atoms with E-state index in [9.17, 15) is 9.90 Å². The molecule has 1 atom stereocenters. The number of aromatic hydroxyl groups is 1. The Labute approximate surface area is 158 Å². The highest BCUT2D eigenvalue weighted by molar-refractivity contribution is 6.11. The maximum Gasteiger partial charge on any atom is 0.161 e. The van der Waals surface area contributed by atoms with Crippen LogP contribution in [0.5, 0.6) is 5.75 Å². The van der Waals surface area contributed by atoms with E-state index in [2.05, 4.69) is 35.6 Å². The number of anilines is 1. The fourth-order valence-electron chi connectivity index (χ4n) is 4.48. The van der Waals surface area contributed by atoms with Crippen LogP contribution in [0.1, 0.15) is 42.0 Å². The summed E-state index contributed by atoms with van der Waals surface area (Å²) < 4.78 is 0. The number of phenols is 1. The molecule has 1 unspecified atom stereocenters. The summed E-state index contributed by atoms with van der Waals surface area (Å²) in [7, 11) is 0. The molecule has 3 heteroatoms. The summed E-state index contributed by atoms with van der Waals surface area (Å²) in [5.41, 5.74) is 6.19. The monoisotopic (exact) mass is 355 g/mol. The van der Waals surface area contributed by atoms with Crippen molar-refractivity contribution in [3.8, 4) is 5.75 Å². The van der Waals surface area contributed by atoms with Crippen molar-refractivity contribution >= 4 is 27.8 Å². The molecule has 3 aromatic rings. The topological polar surface area (TPSA) is 49.3 Å². The van der Waals surface area contributed by atoms with Crippen LogP contribution >= 0.6 is 0 Å². The first kappa shape index (κ1) is 16.1. The van der Waals surface area contributed by atoms with Gasteiger partial charge in [-0.25, -0.2) is 0 Å². The van der Waals surface area contributed by atoms with Crippen LogP contribution in [0.3, 0.4) is 0 Å². The van der Waals surface area contributed by atoms with Gasteiger partial charge in [0.2, 0.25) is 0 Å². The van der Waals surface area contributed by atoms with Crippen molar-refractivity contribution in [2.24, 2.45) is 0 Å². The van der Waals surface area contributed by atoms with Crippen molar-refractivity contribution in [1.82, 2.24) is 0 Å². The second-order valence-electron chi connectivity index (χ2n) is 7.50. The fraction of sp³-hybridized carbons (Fsp3) is 0.208. The van der Waals surface area contributed by atoms with E-state index < -0.39 is 0 Å². The van der Waals surface area contributed by atoms with Crippen molar-refractivity contribution in [2.45, 2.75) is 32.2 Å². The molecule has 1 aliphatic carbocycles. The number of nitrogens with one attached hydrogen (secondary N) is 1. The molecule has 0 amide bonds. The molecule has 0 aromatic heterocycles. The summed E-state index contributed by atoms with van der Waals surface area (Å²) in [6, 6.07) is 18.1. The molecule has 3 nitrogen and oxygen atoms in total. The number of allylic oxidation sites excluding steroid dienone is 1. The van der Waals surface area contributed by atoms with E-state index in [1.807, 2.05) is 25.1 Å². The van der Waals surface area contributed by atoms with Gasteiger partial charge in [-0.05, 0) is 54.0 Å². The third kappa shape index (κ3) is 2.46. The maximum absolute atomic E-state index is 12.9. The SMILES string of the molecule is Cc1cc(C2Nc3c(ccc4ccccc34)C3=C2C(=O)CCC3)ccc1O. The van der Waals surface area contributed by atoms with Crippen molar-refractivity contribution in [3.63, 3.8) is 0 Å². The number of benzene rings is 3. The quantitative estimate of drug-likeness (QED) is 0.604. The van der Waals surface area contributed by atoms with Crippen LogP contribution in [0.15, 0.2) is 60.2 Å². The van der Waals surface area contributed by atoms with Crippen LogP contribution in [-0.4, -0.2) is 10.9 Å². The lowest BCUT2D eigenvalue weighted by molar-refractivity contribution is -0.116. The lowest BCUT2D eigenvalue weighted by atomic mass is 9.77. The van der Waals surface area contributed by atoms with E-state index in [1.165, 1.54) is 16.3 Å². The van der Waals surface area contributed by atoms with Crippen molar-refractivity contribution in [3.05, 3.63) is 76.9 Å². The van der Waals surface area contributed by atoms with E-state index in [0.717, 1.165) is 40.8 Å². The minimum Gasteiger partial charge on any atom is -0.508 e. The van der Waals surface area contributed by atoms with E-state index >= 15 is 0 Å². The number of carbonyl (C=O) groups is 1. The minimum atomic E-state index is -0.176. The predicted molar refractivity (Wildman–Crippen MR) is 109 cm³/mol. The van der Waals surface area contributed by atoms with Gasteiger partial charge in [0.25, 0.3) is 0 Å². The molecule has 2 N–H and O–H groups in total. The Morgan fingerprint density at radius 1 is 1.04 bits per heavy atom. The number of fused-ring (bicyclic) bond motifs is 4. The molecule has 5 rings (SSSR count). The molecular formula is C24H21NO2. The second-order valence-corrected chi connectivity index (χ2v) is 7.50. The minimum absolute atomic E-state index is 0.176. The Kier molecular flexibility index (Phi) is 3.57. The number of phenolic OH excluding ortho intramolecular Hbond substituents is 1. The van der Waals surface area contributed by atoms with Gasteiger partial charge in [-0.1, -0.05) is 42.5 Å². The zero-order valence-electron chi connectivity index (χ0n) is 15.3. The zero-order valence-corrected chi connectivity index (χ0v) is 15.3. The Morgan fingerprint density at radius 2 is 1.89 bits per heavy atom. The van der Waals surface area contributed by atoms with Crippen LogP contribution in [0.25, 0.3) is 16.3 Å². The van der Waals surface area contributed by atoms with Crippen LogP contribution in [0.2, 0.25) is 0 Å². The van der Waals surface area contributed by atoms with Gasteiger partial charge in [0.05, 0.1) is 11.7 Å². The third-order valence-corrected chi connectivity index (χ3v) is 5.84. The molecule has 3 aromatic carbocycles. The van der Waals surface area contributed by atoms with Gasteiger partial charge in [0.15, 0.2) is 5.78 Å². The molecule has 0 saturated carbocycles. The van der Waals surface area contributed by atoms with Crippen LogP contribution in [0, 0.1) is 6.92 Å². The summed E-state index contributed by atoms with van der Waals surface area (Å²) in [5.74, 6) is 0.517. The highest BCUT2D eigenvalue weighted by atomic mass is 16.3. The van der Waals surface area contributed by atoms with E-state index in [0.29, 0.717) is 6.42 Å². The average Bonchev–Trinajstić information content (AvgIpc) is 2.69. The van der Waals surface area contributed by atoms with E-state index in [4.69, 9.17) is 0 Å². The van der Waals surface area contributed by atoms with E-state index in [-0.39, 0.29) is 17.6 Å². The molecular weight excluding hydrogens is 334 g/mol. The Balaban J connectivity index is 1.77. The summed E-state index contributed by atoms with van der Waals surface area (Å²) in [5, 5.41) is 16.0. The summed E-state index contributed by atoms with van der Waals surface area (Å²) >= 11 is 0. The van der Waals surface area contributed by atoms with Crippen LogP contribution < -0.4 is 5.32 Å². The number of rotatable bonds is 1. The number of ketones is 1. The second kappa shape index (κ2) is 5.98. The van der Waals surface area contributed by atoms with Gasteiger partial charge >= 0.3 is 0 Å². The Hall–Kier alpha value is -3.07. The lowest BCUT2D eigenvalue weighted by Gasteiger charge is -2.35. The molecule has 134 valence electrons. The third-order valence-electron chi connectivity index (χ3n) is 5.84. The highest BCUT2D eigenvalue weighted by Crippen LogP contribution is 2.47. The average molecular weight is 355 g/mol. The smallest absolute Gasteiger partial charge is 0.161 e. The van der Waals surface area contributed by atoms with Crippen LogP contribution in [-0.2, 0) is 4.79 Å². The first-order valence-corrected chi connectivity index (χ1v) is 9.48. The summed E-state index contributed by atoms with van der Waals surface area (Å²) in [4.78, 5) is 12.9. The first-order chi connectivity index (χ1) is 13.1. The van der Waals surface area contributed by atoms with E-state index in [1.54, 1.807) is 6.07 Å². The number of aryl methyl sites for hydroxylation is 1. The number of hydrogen-bond acceptors (Lipinski definition) is 3. The first-order valence-electron chi connectivity index (χ1n) is 9.48.